The van der Waals surface area contributed by atoms with E-state index in [0.717, 1.165) is 0 Å². The molecule has 0 amide bonds. The molecule has 0 N–H and O–H groups in total. The molecule has 0 saturated carbocycles. The van der Waals surface area contributed by atoms with Gasteiger partial charge in [-0.15, -0.1) is 0 Å². The van der Waals surface area contributed by atoms with Crippen LogP contribution in [0, 0.1) is 0 Å². The summed E-state index contributed by atoms with van der Waals surface area (Å²) < 4.78 is 0. The van der Waals surface area contributed by atoms with Gasteiger partial charge in [-0.1, -0.05) is 0 Å². The molecule has 0 aliphatic rings. The van der Waals surface area contributed by atoms with E-state index in [-0.39, 0.29) is 0 Å². The van der Waals surface area contributed by atoms with Crippen LogP contribution in [-0.4, -0.2) is 26.2 Å². The molecule has 0 atom stereocenters. The molecule has 0 heterocycles. The first-order valence-electron chi connectivity index (χ1n) is 1.97. The van der Waals surface area contributed by atoms with Gasteiger partial charge >= 0.3 is 34.6 Å². The average molecular weight is 209 g/mol. The molecular weight excluding hydrogens is 199 g/mol. The van der Waals surface area contributed by atoms with E-state index in [9.17, 15) is 0 Å². The minimum atomic E-state index is -0.543. The summed E-state index contributed by atoms with van der Waals surface area (Å²) in [7, 11) is 0. The third-order valence-electron chi connectivity index (χ3n) is 0. The van der Waals surface area contributed by atoms with Gasteiger partial charge < -0.3 is 9.90 Å². The van der Waals surface area contributed by atoms with Gasteiger partial charge in [0.2, 0.25) is 0 Å². The summed E-state index contributed by atoms with van der Waals surface area (Å²) in [6, 6.07) is 0. The van der Waals surface area contributed by atoms with Crippen molar-refractivity contribution in [1.82, 2.24) is 0 Å². The fraction of sp³-hybridized carbons (Fsp3) is 0.750. The van der Waals surface area contributed by atoms with Gasteiger partial charge in [0.25, 0.3) is 0 Å². The van der Waals surface area contributed by atoms with Crippen molar-refractivity contribution in [1.29, 1.82) is 0 Å². The number of carboxylic acid groups (broad SMARTS) is 1. The van der Waals surface area contributed by atoms with Crippen molar-refractivity contribution in [3.63, 3.8) is 0 Å². The molecule has 42 valence electrons. The molecule has 3 heteroatoms. The molecule has 0 radical (unpaired) electrons. The maximum absolute atomic E-state index is 8.25. The Kier molecular flexibility index (Phi) is 14.0. The van der Waals surface area contributed by atoms with Crippen LogP contribution in [0.25, 0.3) is 0 Å². The number of carbonyl (C=O) groups excluding carboxylic acids is 1. The molecule has 0 aliphatic heterocycles. The van der Waals surface area contributed by atoms with Crippen molar-refractivity contribution in [2.75, 3.05) is 0 Å². The Morgan fingerprint density at radius 2 is 1.43 bits per heavy atom. The van der Waals surface area contributed by atoms with E-state index < -0.39 is 26.2 Å². The minimum absolute atomic E-state index is 0.500. The molecule has 0 bridgehead atoms. The van der Waals surface area contributed by atoms with Gasteiger partial charge in [-0.25, -0.2) is 0 Å². The summed E-state index contributed by atoms with van der Waals surface area (Å²) in [5.41, 5.74) is 0. The first-order chi connectivity index (χ1) is 3.15. The van der Waals surface area contributed by atoms with Gasteiger partial charge in [-0.05, 0) is 0 Å². The second-order valence-electron chi connectivity index (χ2n) is 1.60. The van der Waals surface area contributed by atoms with Crippen LogP contribution in [-0.2, 0) is 4.79 Å². The Labute approximate surface area is 51.3 Å². The molecule has 0 aliphatic carbocycles. The Morgan fingerprint density at radius 3 is 1.43 bits per heavy atom. The van der Waals surface area contributed by atoms with E-state index in [1.54, 1.807) is 0 Å². The zero-order valence-corrected chi connectivity index (χ0v) is 7.75. The zero-order chi connectivity index (χ0) is 6.28. The van der Waals surface area contributed by atoms with E-state index in [1.807, 2.05) is 0 Å². The number of rotatable bonds is 0. The van der Waals surface area contributed by atoms with Crippen LogP contribution in [0.2, 0.25) is 14.8 Å². The molecule has 0 aromatic carbocycles. The van der Waals surface area contributed by atoms with Crippen molar-refractivity contribution >= 4 is 26.2 Å². The molecule has 0 aromatic heterocycles. The average Bonchev–Trinajstić information content (AvgIpc) is 1.33. The predicted molar refractivity (Wildman–Crippen MR) is 29.4 cm³/mol. The van der Waals surface area contributed by atoms with Crippen molar-refractivity contribution < 1.29 is 9.90 Å². The molecule has 0 unspecified atom stereocenters. The second-order valence-corrected chi connectivity index (χ2v) is 10.2. The van der Waals surface area contributed by atoms with E-state index in [0.29, 0.717) is 0 Å². The fourth-order valence-corrected chi connectivity index (χ4v) is 0. The molecule has 0 aromatic rings. The van der Waals surface area contributed by atoms with Crippen LogP contribution in [0.5, 0.6) is 0 Å². The van der Waals surface area contributed by atoms with Gasteiger partial charge in [0.1, 0.15) is 0 Å². The molecule has 2 nitrogen and oxygen atoms in total. The SMILES string of the molecule is O=C[O-].[CH3][Sn+]([CH3])[CH3]. The Bertz CT molecular complexity index is 33.9. The molecule has 7 heavy (non-hydrogen) atoms. The Hall–Kier alpha value is 0.269. The first kappa shape index (κ1) is 10.3. The predicted octanol–water partition coefficient (Wildman–Crippen LogP) is -0.263. The Balaban J connectivity index is 0. The van der Waals surface area contributed by atoms with Crippen LogP contribution in [0.15, 0.2) is 0 Å². The van der Waals surface area contributed by atoms with Gasteiger partial charge in [0.05, 0.1) is 0 Å². The molecule has 0 rings (SSSR count). The molecule has 0 saturated heterocycles. The van der Waals surface area contributed by atoms with Gasteiger partial charge in [-0.3, -0.25) is 0 Å². The van der Waals surface area contributed by atoms with Crippen LogP contribution in [0.4, 0.5) is 0 Å². The topological polar surface area (TPSA) is 40.1 Å². The van der Waals surface area contributed by atoms with E-state index in [2.05, 4.69) is 14.8 Å². The normalized spacial score (nSPS) is 5.57. The van der Waals surface area contributed by atoms with E-state index in [4.69, 9.17) is 9.90 Å². The summed E-state index contributed by atoms with van der Waals surface area (Å²) >= 11 is -0.543. The van der Waals surface area contributed by atoms with Crippen LogP contribution < -0.4 is 5.11 Å². The number of hydrogen-bond donors (Lipinski definition) is 0. The quantitative estimate of drug-likeness (QED) is 0.407. The number of hydrogen-bond acceptors (Lipinski definition) is 2. The monoisotopic (exact) mass is 210 g/mol. The summed E-state index contributed by atoms with van der Waals surface area (Å²) in [6.45, 7) is -0.500. The van der Waals surface area contributed by atoms with E-state index in [1.165, 1.54) is 0 Å². The summed E-state index contributed by atoms with van der Waals surface area (Å²) in [5.74, 6) is 0. The van der Waals surface area contributed by atoms with Gasteiger partial charge in [-0.2, -0.15) is 0 Å². The third-order valence-corrected chi connectivity index (χ3v) is 0. The second kappa shape index (κ2) is 9.55. The summed E-state index contributed by atoms with van der Waals surface area (Å²) in [4.78, 5) is 15.3. The Morgan fingerprint density at radius 1 is 1.43 bits per heavy atom. The molecular formula is C4H10O2Sn. The van der Waals surface area contributed by atoms with Crippen LogP contribution >= 0.6 is 0 Å². The number of carbonyl (C=O) groups is 1. The summed E-state index contributed by atoms with van der Waals surface area (Å²) in [5, 5.41) is 8.25. The van der Waals surface area contributed by atoms with Crippen molar-refractivity contribution in [2.24, 2.45) is 0 Å². The van der Waals surface area contributed by atoms with Crippen molar-refractivity contribution in [3.05, 3.63) is 0 Å². The maximum atomic E-state index is 8.25. The first-order valence-corrected chi connectivity index (χ1v) is 10.5. The van der Waals surface area contributed by atoms with Gasteiger partial charge in [0, 0.05) is 6.47 Å². The van der Waals surface area contributed by atoms with Crippen molar-refractivity contribution in [2.45, 2.75) is 14.8 Å². The molecule has 0 fully saturated rings. The van der Waals surface area contributed by atoms with Crippen LogP contribution in [0.3, 0.4) is 0 Å². The fourth-order valence-electron chi connectivity index (χ4n) is 0. The summed E-state index contributed by atoms with van der Waals surface area (Å²) in [6.07, 6.45) is 0. The third kappa shape index (κ3) is 1580. The standard InChI is InChI=1S/CH2O2.3CH3.Sn/c2-1-3;;;;/h1H,(H,2,3);3*1H3;/q;;;;+1/p-1. The van der Waals surface area contributed by atoms with Crippen LogP contribution in [0.1, 0.15) is 0 Å². The van der Waals surface area contributed by atoms with Gasteiger partial charge in [0.15, 0.2) is 0 Å². The van der Waals surface area contributed by atoms with E-state index >= 15 is 0 Å². The van der Waals surface area contributed by atoms with Crippen molar-refractivity contribution in [3.8, 4) is 0 Å². The molecule has 0 spiro atoms. The zero-order valence-electron chi connectivity index (χ0n) is 4.89.